The number of nitrogens with zero attached hydrogens (tertiary/aromatic N) is 4. The average Bonchev–Trinajstić information content (AvgIpc) is 3.05. The van der Waals surface area contributed by atoms with Crippen LogP contribution in [0.4, 0.5) is 0 Å². The van der Waals surface area contributed by atoms with Gasteiger partial charge in [0, 0.05) is 12.7 Å². The molecule has 6 N–H and O–H groups in total. The minimum Gasteiger partial charge on any atom is -0.535 e. The highest BCUT2D eigenvalue weighted by molar-refractivity contribution is 6.44. The van der Waals surface area contributed by atoms with E-state index in [0.29, 0.717) is 31.3 Å². The third-order valence-electron chi connectivity index (χ3n) is 4.26. The molecule has 1 aromatic heterocycles. The Morgan fingerprint density at radius 3 is 2.96 bits per heavy atom. The molecule has 2 heterocycles. The third kappa shape index (κ3) is 4.56. The fourth-order valence-electron chi connectivity index (χ4n) is 3.01. The van der Waals surface area contributed by atoms with Crippen molar-refractivity contribution in [1.29, 1.82) is 0 Å². The number of aryl methyl sites for hydroxylation is 2. The van der Waals surface area contributed by atoms with Crippen LogP contribution in [0, 0.1) is 0 Å². The van der Waals surface area contributed by atoms with Gasteiger partial charge >= 0.3 is 13.1 Å². The molecule has 0 radical (unpaired) electrons. The minimum absolute atomic E-state index is 0.0519. The fourth-order valence-corrected chi connectivity index (χ4v) is 3.01. The molecule has 10 nitrogen and oxygen atoms in total. The Balaban J connectivity index is 1.75. The van der Waals surface area contributed by atoms with E-state index in [9.17, 15) is 14.9 Å². The summed E-state index contributed by atoms with van der Waals surface area (Å²) in [6.07, 6.45) is 4.15. The van der Waals surface area contributed by atoms with Crippen LogP contribution in [-0.2, 0) is 19.4 Å². The molecular weight excluding hydrogens is 351 g/mol. The number of aromatic carboxylic acids is 1. The molecule has 3 rings (SSSR count). The summed E-state index contributed by atoms with van der Waals surface area (Å²) in [5, 5.41) is 27.5. The molecule has 11 heteroatoms. The van der Waals surface area contributed by atoms with Gasteiger partial charge in [0.1, 0.15) is 11.3 Å². The third-order valence-corrected chi connectivity index (χ3v) is 4.26. The van der Waals surface area contributed by atoms with Crippen LogP contribution in [0.2, 0.25) is 6.32 Å². The van der Waals surface area contributed by atoms with Crippen molar-refractivity contribution in [3.05, 3.63) is 40.7 Å². The summed E-state index contributed by atoms with van der Waals surface area (Å²) in [6.45, 7) is 0.734. The summed E-state index contributed by atoms with van der Waals surface area (Å²) in [4.78, 5) is 15.7. The van der Waals surface area contributed by atoms with Gasteiger partial charge in [0.05, 0.1) is 12.2 Å². The molecular formula is C16H21BN6O4. The zero-order chi connectivity index (χ0) is 19.4. The standard InChI is InChI=1S/C16H21BN6O4/c18-16(19)20-7-1-2-12-9-23(22-21-12)8-11-4-3-10-5-6-17(26)27-14(10)13(11)15(24)25/h3-4,9,26H,1-2,5-8H2,(H,24,25)(H4,18,19,20). The van der Waals surface area contributed by atoms with Crippen LogP contribution in [0.3, 0.4) is 0 Å². The number of carboxylic acids is 1. The first-order valence-electron chi connectivity index (χ1n) is 8.61. The number of aromatic nitrogens is 3. The molecule has 0 saturated heterocycles. The first-order chi connectivity index (χ1) is 12.9. The van der Waals surface area contributed by atoms with E-state index in [1.165, 1.54) is 0 Å². The number of benzene rings is 1. The van der Waals surface area contributed by atoms with E-state index in [0.717, 1.165) is 17.7 Å². The van der Waals surface area contributed by atoms with Crippen molar-refractivity contribution < 1.29 is 19.6 Å². The minimum atomic E-state index is -1.10. The maximum atomic E-state index is 11.8. The summed E-state index contributed by atoms with van der Waals surface area (Å²) in [5.74, 6) is -0.815. The van der Waals surface area contributed by atoms with Gasteiger partial charge in [0.15, 0.2) is 5.96 Å². The highest BCUT2D eigenvalue weighted by atomic mass is 16.5. The highest BCUT2D eigenvalue weighted by Gasteiger charge is 2.29. The number of guanidine groups is 1. The van der Waals surface area contributed by atoms with Gasteiger partial charge in [-0.1, -0.05) is 17.3 Å². The van der Waals surface area contributed by atoms with Gasteiger partial charge in [0.2, 0.25) is 0 Å². The van der Waals surface area contributed by atoms with E-state index in [-0.39, 0.29) is 23.8 Å². The van der Waals surface area contributed by atoms with Crippen molar-refractivity contribution in [2.45, 2.75) is 32.1 Å². The predicted molar refractivity (Wildman–Crippen MR) is 98.6 cm³/mol. The van der Waals surface area contributed by atoms with Crippen LogP contribution in [-0.4, -0.2) is 50.7 Å². The molecule has 27 heavy (non-hydrogen) atoms. The van der Waals surface area contributed by atoms with Crippen LogP contribution in [0.25, 0.3) is 0 Å². The number of aliphatic imine (C=N–C) groups is 1. The van der Waals surface area contributed by atoms with Gasteiger partial charge in [-0.15, -0.1) is 5.10 Å². The summed E-state index contributed by atoms with van der Waals surface area (Å²) < 4.78 is 6.96. The Hall–Kier alpha value is -3.08. The second-order valence-electron chi connectivity index (χ2n) is 6.32. The molecule has 0 fully saturated rings. The molecule has 0 aliphatic carbocycles. The Morgan fingerprint density at radius 1 is 1.41 bits per heavy atom. The molecule has 0 amide bonds. The lowest BCUT2D eigenvalue weighted by atomic mass is 9.78. The lowest BCUT2D eigenvalue weighted by molar-refractivity contribution is 0.0693. The van der Waals surface area contributed by atoms with E-state index in [1.807, 2.05) is 6.07 Å². The van der Waals surface area contributed by atoms with Crippen LogP contribution >= 0.6 is 0 Å². The van der Waals surface area contributed by atoms with Crippen molar-refractivity contribution in [3.8, 4) is 5.75 Å². The van der Waals surface area contributed by atoms with E-state index in [2.05, 4.69) is 15.3 Å². The van der Waals surface area contributed by atoms with Gasteiger partial charge in [0.25, 0.3) is 0 Å². The highest BCUT2D eigenvalue weighted by Crippen LogP contribution is 2.33. The molecule has 1 aliphatic heterocycles. The summed E-state index contributed by atoms with van der Waals surface area (Å²) >= 11 is 0. The van der Waals surface area contributed by atoms with Crippen molar-refractivity contribution >= 4 is 19.0 Å². The second-order valence-corrected chi connectivity index (χ2v) is 6.32. The van der Waals surface area contributed by atoms with Crippen LogP contribution < -0.4 is 16.1 Å². The number of fused-ring (bicyclic) bond motifs is 1. The molecule has 0 atom stereocenters. The van der Waals surface area contributed by atoms with Gasteiger partial charge < -0.3 is 26.3 Å². The molecule has 0 unspecified atom stereocenters. The molecule has 2 aromatic rings. The maximum absolute atomic E-state index is 11.8. The summed E-state index contributed by atoms with van der Waals surface area (Å²) in [6, 6.07) is 3.58. The van der Waals surface area contributed by atoms with Crippen LogP contribution in [0.15, 0.2) is 23.3 Å². The quantitative estimate of drug-likeness (QED) is 0.222. The Labute approximate surface area is 156 Å². The van der Waals surface area contributed by atoms with Crippen LogP contribution in [0.1, 0.15) is 33.6 Å². The van der Waals surface area contributed by atoms with Gasteiger partial charge in [-0.3, -0.25) is 4.99 Å². The monoisotopic (exact) mass is 372 g/mol. The van der Waals surface area contributed by atoms with Crippen molar-refractivity contribution in [3.63, 3.8) is 0 Å². The molecule has 1 aliphatic rings. The number of rotatable bonds is 7. The lowest BCUT2D eigenvalue weighted by Crippen LogP contribution is -2.28. The number of carbonyl (C=O) groups is 1. The molecule has 1 aromatic carbocycles. The summed E-state index contributed by atoms with van der Waals surface area (Å²) in [5.41, 5.74) is 12.7. The van der Waals surface area contributed by atoms with Crippen molar-refractivity contribution in [2.75, 3.05) is 6.54 Å². The lowest BCUT2D eigenvalue weighted by Gasteiger charge is -2.23. The Bertz CT molecular complexity index is 865. The van der Waals surface area contributed by atoms with Gasteiger partial charge in [-0.2, -0.15) is 0 Å². The molecule has 142 valence electrons. The Morgan fingerprint density at radius 2 is 2.22 bits per heavy atom. The van der Waals surface area contributed by atoms with Gasteiger partial charge in [-0.05, 0) is 36.7 Å². The SMILES string of the molecule is NC(N)=NCCCc1cn(Cc2ccc3c(c2C(=O)O)OB(O)CC3)nn1. The number of hydrogen-bond donors (Lipinski definition) is 4. The zero-order valence-corrected chi connectivity index (χ0v) is 14.7. The number of hydrogen-bond acceptors (Lipinski definition) is 6. The maximum Gasteiger partial charge on any atom is 0.522 e. The average molecular weight is 372 g/mol. The largest absolute Gasteiger partial charge is 0.535 e. The number of carboxylic acid groups (broad SMARTS) is 1. The number of nitrogens with two attached hydrogens (primary N) is 2. The normalized spacial score (nSPS) is 13.0. The van der Waals surface area contributed by atoms with E-state index >= 15 is 0 Å². The Kier molecular flexibility index (Phi) is 5.60. The fraction of sp³-hybridized carbons (Fsp3) is 0.375. The first kappa shape index (κ1) is 18.7. The van der Waals surface area contributed by atoms with Gasteiger partial charge in [-0.25, -0.2) is 9.48 Å². The van der Waals surface area contributed by atoms with E-state index in [1.54, 1.807) is 16.9 Å². The smallest absolute Gasteiger partial charge is 0.522 e. The van der Waals surface area contributed by atoms with E-state index < -0.39 is 13.1 Å². The van der Waals surface area contributed by atoms with Crippen LogP contribution in [0.5, 0.6) is 5.75 Å². The molecule has 0 spiro atoms. The topological polar surface area (TPSA) is 162 Å². The van der Waals surface area contributed by atoms with Crippen molar-refractivity contribution in [1.82, 2.24) is 15.0 Å². The molecule has 0 saturated carbocycles. The van der Waals surface area contributed by atoms with E-state index in [4.69, 9.17) is 16.1 Å². The first-order valence-corrected chi connectivity index (χ1v) is 8.61. The predicted octanol–water partition coefficient (Wildman–Crippen LogP) is -0.354. The second kappa shape index (κ2) is 8.08. The summed E-state index contributed by atoms with van der Waals surface area (Å²) in [7, 11) is -0.992. The molecule has 0 bridgehead atoms. The zero-order valence-electron chi connectivity index (χ0n) is 14.7. The van der Waals surface area contributed by atoms with Crippen molar-refractivity contribution in [2.24, 2.45) is 16.5 Å².